The fraction of sp³-hybridized carbons (Fsp3) is 0.235. The first-order chi connectivity index (χ1) is 11.5. The molecular weight excluding hydrogens is 452 g/mol. The van der Waals surface area contributed by atoms with Gasteiger partial charge in [-0.1, -0.05) is 27.3 Å². The van der Waals surface area contributed by atoms with Crippen molar-refractivity contribution in [1.29, 1.82) is 0 Å². The molecule has 1 aliphatic rings. The summed E-state index contributed by atoms with van der Waals surface area (Å²) in [6.45, 7) is 2.00. The standard InChI is InChI=1S/C17H16Br2N4S/c1-23-5-4-13-9(8-23)6-11-15(20)17(24-16(11)21-13)22-14-7-10(18)2-3-12(14)19/h2-3,6-7,22H,4-5,8,20H2,1H3. The Bertz CT molecular complexity index is 938. The van der Waals surface area contributed by atoms with Gasteiger partial charge in [-0.2, -0.15) is 0 Å². The maximum absolute atomic E-state index is 6.41. The van der Waals surface area contributed by atoms with Gasteiger partial charge in [0.15, 0.2) is 0 Å². The van der Waals surface area contributed by atoms with E-state index in [9.17, 15) is 0 Å². The molecule has 0 bridgehead atoms. The molecule has 0 unspecified atom stereocenters. The Balaban J connectivity index is 1.77. The summed E-state index contributed by atoms with van der Waals surface area (Å²) >= 11 is 8.69. The molecule has 4 nitrogen and oxygen atoms in total. The van der Waals surface area contributed by atoms with Crippen LogP contribution >= 0.6 is 43.2 Å². The van der Waals surface area contributed by atoms with Crippen LogP contribution in [0.4, 0.5) is 16.4 Å². The van der Waals surface area contributed by atoms with Crippen molar-refractivity contribution >= 4 is 69.8 Å². The average molecular weight is 468 g/mol. The molecule has 7 heteroatoms. The zero-order valence-electron chi connectivity index (χ0n) is 13.1. The summed E-state index contributed by atoms with van der Waals surface area (Å²) in [5, 5.41) is 5.42. The van der Waals surface area contributed by atoms with E-state index in [-0.39, 0.29) is 0 Å². The highest BCUT2D eigenvalue weighted by atomic mass is 79.9. The molecule has 24 heavy (non-hydrogen) atoms. The number of likely N-dealkylation sites (N-methyl/N-ethyl adjacent to an activating group) is 1. The van der Waals surface area contributed by atoms with Gasteiger partial charge in [0, 0.05) is 39.5 Å². The molecule has 0 saturated carbocycles. The van der Waals surface area contributed by atoms with Crippen molar-refractivity contribution in [3.63, 3.8) is 0 Å². The number of hydrogen-bond acceptors (Lipinski definition) is 5. The van der Waals surface area contributed by atoms with Gasteiger partial charge in [0.2, 0.25) is 0 Å². The van der Waals surface area contributed by atoms with Gasteiger partial charge in [-0.05, 0) is 52.8 Å². The van der Waals surface area contributed by atoms with Crippen molar-refractivity contribution in [3.05, 3.63) is 44.5 Å². The molecular formula is C17H16Br2N4S. The molecule has 0 atom stereocenters. The van der Waals surface area contributed by atoms with Crippen molar-refractivity contribution in [1.82, 2.24) is 9.88 Å². The Labute approximate surface area is 161 Å². The number of benzene rings is 1. The highest BCUT2D eigenvalue weighted by molar-refractivity contribution is 9.11. The first-order valence-corrected chi connectivity index (χ1v) is 10.0. The van der Waals surface area contributed by atoms with Gasteiger partial charge in [-0.15, -0.1) is 0 Å². The number of nitrogens with zero attached hydrogens (tertiary/aromatic N) is 2. The largest absolute Gasteiger partial charge is 0.396 e. The lowest BCUT2D eigenvalue weighted by Gasteiger charge is -2.23. The van der Waals surface area contributed by atoms with E-state index < -0.39 is 0 Å². The maximum Gasteiger partial charge on any atom is 0.127 e. The van der Waals surface area contributed by atoms with Crippen molar-refractivity contribution in [2.45, 2.75) is 13.0 Å². The van der Waals surface area contributed by atoms with Crippen LogP contribution in [0.2, 0.25) is 0 Å². The van der Waals surface area contributed by atoms with Crippen LogP contribution in [0, 0.1) is 0 Å². The number of nitrogen functional groups attached to an aromatic ring is 1. The summed E-state index contributed by atoms with van der Waals surface area (Å²) in [5.74, 6) is 0. The normalized spacial score (nSPS) is 14.8. The summed E-state index contributed by atoms with van der Waals surface area (Å²) in [7, 11) is 2.14. The molecule has 1 aromatic carbocycles. The maximum atomic E-state index is 6.41. The average Bonchev–Trinajstić information content (AvgIpc) is 2.84. The number of aromatic nitrogens is 1. The number of halogens is 2. The van der Waals surface area contributed by atoms with Gasteiger partial charge in [0.25, 0.3) is 0 Å². The summed E-state index contributed by atoms with van der Waals surface area (Å²) in [6.07, 6.45) is 1.000. The SMILES string of the molecule is CN1CCc2nc3sc(Nc4cc(Br)ccc4Br)c(N)c3cc2C1. The quantitative estimate of drug-likeness (QED) is 0.548. The van der Waals surface area contributed by atoms with Gasteiger partial charge in [0.05, 0.1) is 11.4 Å². The molecule has 0 spiro atoms. The second-order valence-electron chi connectivity index (χ2n) is 6.03. The van der Waals surface area contributed by atoms with Crippen LogP contribution in [0.5, 0.6) is 0 Å². The Kier molecular flexibility index (Phi) is 4.28. The Morgan fingerprint density at radius 3 is 2.96 bits per heavy atom. The molecule has 124 valence electrons. The van der Waals surface area contributed by atoms with E-state index in [0.29, 0.717) is 0 Å². The number of nitrogens with two attached hydrogens (primary N) is 1. The fourth-order valence-corrected chi connectivity index (χ4v) is 4.66. The first-order valence-electron chi connectivity index (χ1n) is 7.62. The van der Waals surface area contributed by atoms with Crippen molar-refractivity contribution in [2.24, 2.45) is 0 Å². The monoisotopic (exact) mass is 466 g/mol. The number of pyridine rings is 1. The van der Waals surface area contributed by atoms with Crippen molar-refractivity contribution in [2.75, 3.05) is 24.6 Å². The lowest BCUT2D eigenvalue weighted by Crippen LogP contribution is -2.27. The highest BCUT2D eigenvalue weighted by Crippen LogP contribution is 2.41. The predicted molar refractivity (Wildman–Crippen MR) is 109 cm³/mol. The molecule has 0 aliphatic carbocycles. The Morgan fingerprint density at radius 2 is 2.12 bits per heavy atom. The van der Waals surface area contributed by atoms with Crippen LogP contribution in [0.3, 0.4) is 0 Å². The zero-order chi connectivity index (χ0) is 16.8. The highest BCUT2D eigenvalue weighted by Gasteiger charge is 2.19. The third-order valence-corrected chi connectivity index (χ3v) is 6.45. The number of fused-ring (bicyclic) bond motifs is 2. The number of nitrogens with one attached hydrogen (secondary N) is 1. The smallest absolute Gasteiger partial charge is 0.127 e. The van der Waals surface area contributed by atoms with E-state index in [0.717, 1.165) is 55.0 Å². The van der Waals surface area contributed by atoms with E-state index in [1.165, 1.54) is 11.3 Å². The molecule has 0 fully saturated rings. The fourth-order valence-electron chi connectivity index (χ4n) is 2.95. The van der Waals surface area contributed by atoms with Gasteiger partial charge >= 0.3 is 0 Å². The van der Waals surface area contributed by atoms with E-state index >= 15 is 0 Å². The molecule has 4 rings (SSSR count). The lowest BCUT2D eigenvalue weighted by atomic mass is 10.0. The molecule has 3 aromatic rings. The second kappa shape index (κ2) is 6.29. The van der Waals surface area contributed by atoms with E-state index in [4.69, 9.17) is 10.7 Å². The molecule has 3 N–H and O–H groups in total. The molecule has 0 radical (unpaired) electrons. The summed E-state index contributed by atoms with van der Waals surface area (Å²) in [6, 6.07) is 8.24. The van der Waals surface area contributed by atoms with E-state index in [1.807, 2.05) is 18.2 Å². The minimum Gasteiger partial charge on any atom is -0.396 e. The minimum atomic E-state index is 0.769. The number of hydrogen-bond donors (Lipinski definition) is 2. The van der Waals surface area contributed by atoms with E-state index in [1.54, 1.807) is 11.3 Å². The van der Waals surface area contributed by atoms with Crippen LogP contribution in [0.25, 0.3) is 10.2 Å². The van der Waals surface area contributed by atoms with Crippen molar-refractivity contribution < 1.29 is 0 Å². The first kappa shape index (κ1) is 16.3. The molecule has 3 heterocycles. The van der Waals surface area contributed by atoms with Crippen LogP contribution in [0.15, 0.2) is 33.2 Å². The zero-order valence-corrected chi connectivity index (χ0v) is 17.1. The third kappa shape index (κ3) is 2.94. The van der Waals surface area contributed by atoms with Crippen LogP contribution in [-0.2, 0) is 13.0 Å². The predicted octanol–water partition coefficient (Wildman–Crippen LogP) is 5.14. The summed E-state index contributed by atoms with van der Waals surface area (Å²) in [5.41, 5.74) is 10.7. The topological polar surface area (TPSA) is 54.2 Å². The number of thiophene rings is 1. The van der Waals surface area contributed by atoms with Crippen LogP contribution < -0.4 is 11.1 Å². The molecule has 0 amide bonds. The van der Waals surface area contributed by atoms with Gasteiger partial charge in [-0.25, -0.2) is 4.98 Å². The van der Waals surface area contributed by atoms with Crippen molar-refractivity contribution in [3.8, 4) is 0 Å². The Hall–Kier alpha value is -1.15. The molecule has 1 aliphatic heterocycles. The van der Waals surface area contributed by atoms with Crippen LogP contribution in [0.1, 0.15) is 11.3 Å². The molecule has 2 aromatic heterocycles. The number of anilines is 3. The summed E-state index contributed by atoms with van der Waals surface area (Å²) < 4.78 is 2.01. The third-order valence-electron chi connectivity index (χ3n) is 4.24. The van der Waals surface area contributed by atoms with Crippen LogP contribution in [-0.4, -0.2) is 23.5 Å². The lowest BCUT2D eigenvalue weighted by molar-refractivity contribution is 0.310. The Morgan fingerprint density at radius 1 is 1.29 bits per heavy atom. The minimum absolute atomic E-state index is 0.769. The van der Waals surface area contributed by atoms with E-state index in [2.05, 4.69) is 55.2 Å². The second-order valence-corrected chi connectivity index (χ2v) is 8.80. The van der Waals surface area contributed by atoms with Gasteiger partial charge in [-0.3, -0.25) is 0 Å². The van der Waals surface area contributed by atoms with Gasteiger partial charge < -0.3 is 16.0 Å². The number of rotatable bonds is 2. The molecule has 0 saturated heterocycles. The van der Waals surface area contributed by atoms with Gasteiger partial charge in [0.1, 0.15) is 9.83 Å². The summed E-state index contributed by atoms with van der Waals surface area (Å²) in [4.78, 5) is 8.18.